The summed E-state index contributed by atoms with van der Waals surface area (Å²) >= 11 is 3.59. The van der Waals surface area contributed by atoms with Gasteiger partial charge in [-0.05, 0) is 17.8 Å². The van der Waals surface area contributed by atoms with Gasteiger partial charge in [-0.2, -0.15) is 0 Å². The fraction of sp³-hybridized carbons (Fsp3) is 1.00. The Morgan fingerprint density at radius 2 is 1.83 bits per heavy atom. The van der Waals surface area contributed by atoms with Crippen LogP contribution in [0.25, 0.3) is 0 Å². The summed E-state index contributed by atoms with van der Waals surface area (Å²) in [6.45, 7) is 9.90. The average molecular weight is 237 g/mol. The first-order valence-electron chi connectivity index (χ1n) is 4.53. The summed E-state index contributed by atoms with van der Waals surface area (Å²) < 4.78 is 5.16. The molecule has 0 amide bonds. The number of alkyl halides is 1. The molecule has 0 aliphatic carbocycles. The fourth-order valence-corrected chi connectivity index (χ4v) is 2.24. The third kappa shape index (κ3) is 4.46. The molecule has 2 atom stereocenters. The fourth-order valence-electron chi connectivity index (χ4n) is 1.40. The Kier molecular flexibility index (Phi) is 5.42. The third-order valence-corrected chi connectivity index (χ3v) is 2.88. The van der Waals surface area contributed by atoms with Crippen molar-refractivity contribution < 1.29 is 4.74 Å². The molecule has 2 heteroatoms. The molecule has 1 nitrogen and oxygen atoms in total. The molecule has 0 saturated heterocycles. The number of hydrogen-bond donors (Lipinski definition) is 0. The number of rotatable bonds is 5. The highest BCUT2D eigenvalue weighted by Gasteiger charge is 2.26. The molecule has 0 saturated carbocycles. The molecule has 0 aliphatic rings. The molecule has 0 aromatic rings. The molecule has 0 fully saturated rings. The van der Waals surface area contributed by atoms with Gasteiger partial charge in [0.25, 0.3) is 0 Å². The summed E-state index contributed by atoms with van der Waals surface area (Å²) in [5.41, 5.74) is 0.360. The lowest BCUT2D eigenvalue weighted by Gasteiger charge is -2.32. The second-order valence-electron chi connectivity index (χ2n) is 4.33. The van der Waals surface area contributed by atoms with Crippen molar-refractivity contribution in [3.8, 4) is 0 Å². The van der Waals surface area contributed by atoms with Crippen molar-refractivity contribution in [3.05, 3.63) is 0 Å². The smallest absolute Gasteiger partial charge is 0.0492 e. The molecule has 0 radical (unpaired) electrons. The van der Waals surface area contributed by atoms with E-state index in [4.69, 9.17) is 4.74 Å². The predicted octanol–water partition coefficient (Wildman–Crippen LogP) is 3.47. The van der Waals surface area contributed by atoms with Crippen molar-refractivity contribution in [3.63, 3.8) is 0 Å². The van der Waals surface area contributed by atoms with Gasteiger partial charge in [0.05, 0.1) is 0 Å². The molecule has 2 unspecified atom stereocenters. The van der Waals surface area contributed by atoms with Crippen LogP contribution < -0.4 is 0 Å². The van der Waals surface area contributed by atoms with Crippen molar-refractivity contribution in [2.45, 2.75) is 38.9 Å². The predicted molar refractivity (Wildman–Crippen MR) is 57.8 cm³/mol. The van der Waals surface area contributed by atoms with Crippen LogP contribution in [0.2, 0.25) is 0 Å². The maximum absolute atomic E-state index is 5.16. The van der Waals surface area contributed by atoms with Crippen molar-refractivity contribution >= 4 is 15.9 Å². The van der Waals surface area contributed by atoms with E-state index < -0.39 is 0 Å². The Morgan fingerprint density at radius 1 is 1.33 bits per heavy atom. The van der Waals surface area contributed by atoms with Crippen molar-refractivity contribution in [2.24, 2.45) is 11.3 Å². The zero-order valence-electron chi connectivity index (χ0n) is 8.86. The van der Waals surface area contributed by atoms with Gasteiger partial charge in [0.1, 0.15) is 0 Å². The van der Waals surface area contributed by atoms with Crippen LogP contribution in [0.4, 0.5) is 0 Å². The number of ether oxygens (including phenoxy) is 1. The summed E-state index contributed by atoms with van der Waals surface area (Å²) in [5.74, 6) is 0.613. The molecular weight excluding hydrogens is 216 g/mol. The largest absolute Gasteiger partial charge is 0.384 e. The molecule has 0 aliphatic heterocycles. The van der Waals surface area contributed by atoms with Crippen LogP contribution in [0.15, 0.2) is 0 Å². The van der Waals surface area contributed by atoms with Gasteiger partial charge in [-0.1, -0.05) is 43.6 Å². The lowest BCUT2D eigenvalue weighted by Crippen LogP contribution is -2.27. The first kappa shape index (κ1) is 12.4. The van der Waals surface area contributed by atoms with Crippen LogP contribution in [-0.4, -0.2) is 18.5 Å². The highest BCUT2D eigenvalue weighted by Crippen LogP contribution is 2.33. The van der Waals surface area contributed by atoms with Crippen LogP contribution in [0.5, 0.6) is 0 Å². The first-order valence-corrected chi connectivity index (χ1v) is 5.44. The molecule has 0 rings (SSSR count). The van der Waals surface area contributed by atoms with E-state index in [-0.39, 0.29) is 0 Å². The van der Waals surface area contributed by atoms with Gasteiger partial charge in [0.2, 0.25) is 0 Å². The van der Waals surface area contributed by atoms with Gasteiger partial charge in [-0.25, -0.2) is 0 Å². The number of halogens is 1. The van der Waals surface area contributed by atoms with Crippen LogP contribution in [0.1, 0.15) is 34.1 Å². The SMILES string of the molecule is COCC(C)C(C)(C)CC(C)Br. The lowest BCUT2D eigenvalue weighted by atomic mass is 9.77. The lowest BCUT2D eigenvalue weighted by molar-refractivity contribution is 0.0869. The van der Waals surface area contributed by atoms with E-state index in [0.29, 0.717) is 16.2 Å². The topological polar surface area (TPSA) is 9.23 Å². The molecule has 0 aromatic carbocycles. The molecule has 0 bridgehead atoms. The maximum atomic E-state index is 5.16. The van der Waals surface area contributed by atoms with Crippen LogP contribution >= 0.6 is 15.9 Å². The van der Waals surface area contributed by atoms with Crippen LogP contribution in [0, 0.1) is 11.3 Å². The minimum atomic E-state index is 0.360. The summed E-state index contributed by atoms with van der Waals surface area (Å²) in [6.07, 6.45) is 1.19. The van der Waals surface area contributed by atoms with Crippen molar-refractivity contribution in [1.82, 2.24) is 0 Å². The van der Waals surface area contributed by atoms with Gasteiger partial charge < -0.3 is 4.74 Å². The Labute approximate surface area is 85.0 Å². The van der Waals surface area contributed by atoms with Crippen LogP contribution in [0.3, 0.4) is 0 Å². The molecule has 0 N–H and O–H groups in total. The van der Waals surface area contributed by atoms with Gasteiger partial charge in [0.15, 0.2) is 0 Å². The number of hydrogen-bond acceptors (Lipinski definition) is 1. The second-order valence-corrected chi connectivity index (χ2v) is 5.89. The maximum Gasteiger partial charge on any atom is 0.0492 e. The minimum Gasteiger partial charge on any atom is -0.384 e. The second kappa shape index (κ2) is 5.23. The standard InChI is InChI=1S/C10H21BrO/c1-8(7-12-5)10(3,4)6-9(2)11/h8-9H,6-7H2,1-5H3. The normalized spacial score (nSPS) is 17.5. The van der Waals surface area contributed by atoms with E-state index in [1.54, 1.807) is 7.11 Å². The van der Waals surface area contributed by atoms with E-state index in [0.717, 1.165) is 6.61 Å². The molecule has 0 aromatic heterocycles. The zero-order chi connectivity index (χ0) is 9.78. The van der Waals surface area contributed by atoms with Gasteiger partial charge in [0, 0.05) is 18.5 Å². The summed E-state index contributed by atoms with van der Waals surface area (Å²) in [6, 6.07) is 0. The molecule has 0 spiro atoms. The Morgan fingerprint density at radius 3 is 2.17 bits per heavy atom. The highest BCUT2D eigenvalue weighted by molar-refractivity contribution is 9.09. The van der Waals surface area contributed by atoms with Gasteiger partial charge >= 0.3 is 0 Å². The van der Waals surface area contributed by atoms with Crippen molar-refractivity contribution in [1.29, 1.82) is 0 Å². The van der Waals surface area contributed by atoms with E-state index in [9.17, 15) is 0 Å². The van der Waals surface area contributed by atoms with Crippen molar-refractivity contribution in [2.75, 3.05) is 13.7 Å². The quantitative estimate of drug-likeness (QED) is 0.665. The average Bonchev–Trinajstić information content (AvgIpc) is 1.85. The summed E-state index contributed by atoms with van der Waals surface area (Å²) in [4.78, 5) is 0.590. The molecular formula is C10H21BrO. The van der Waals surface area contributed by atoms with Crippen LogP contribution in [-0.2, 0) is 4.74 Å². The molecule has 12 heavy (non-hydrogen) atoms. The Hall–Kier alpha value is 0.440. The monoisotopic (exact) mass is 236 g/mol. The van der Waals surface area contributed by atoms with E-state index in [1.807, 2.05) is 0 Å². The Bertz CT molecular complexity index is 121. The van der Waals surface area contributed by atoms with E-state index in [2.05, 4.69) is 43.6 Å². The molecule has 0 heterocycles. The van der Waals surface area contributed by atoms with Gasteiger partial charge in [-0.15, -0.1) is 0 Å². The zero-order valence-corrected chi connectivity index (χ0v) is 10.4. The first-order chi connectivity index (χ1) is 5.40. The number of methoxy groups -OCH3 is 1. The van der Waals surface area contributed by atoms with E-state index in [1.165, 1.54) is 6.42 Å². The summed E-state index contributed by atoms with van der Waals surface area (Å²) in [5, 5.41) is 0. The Balaban J connectivity index is 3.99. The van der Waals surface area contributed by atoms with Gasteiger partial charge in [-0.3, -0.25) is 0 Å². The highest BCUT2D eigenvalue weighted by atomic mass is 79.9. The van der Waals surface area contributed by atoms with E-state index >= 15 is 0 Å². The third-order valence-electron chi connectivity index (χ3n) is 2.56. The summed E-state index contributed by atoms with van der Waals surface area (Å²) in [7, 11) is 1.77. The minimum absolute atomic E-state index is 0.360. The molecule has 74 valence electrons.